The topological polar surface area (TPSA) is 123 Å². The lowest BCUT2D eigenvalue weighted by Gasteiger charge is -2.27. The average molecular weight is 430 g/mol. The van der Waals surface area contributed by atoms with Gasteiger partial charge in [-0.2, -0.15) is 0 Å². The fraction of sp³-hybridized carbons (Fsp3) is 0.250. The van der Waals surface area contributed by atoms with Crippen LogP contribution in [-0.4, -0.2) is 33.9 Å². The third-order valence-electron chi connectivity index (χ3n) is 5.79. The van der Waals surface area contributed by atoms with Gasteiger partial charge < -0.3 is 21.7 Å². The second kappa shape index (κ2) is 9.05. The maximum atomic E-state index is 12.8. The lowest BCUT2D eigenvalue weighted by atomic mass is 10.1. The normalized spacial score (nSPS) is 14.5. The Morgan fingerprint density at radius 1 is 1.19 bits per heavy atom. The van der Waals surface area contributed by atoms with E-state index in [9.17, 15) is 4.79 Å². The van der Waals surface area contributed by atoms with E-state index >= 15 is 0 Å². The Hall–Kier alpha value is -3.94. The summed E-state index contributed by atoms with van der Waals surface area (Å²) in [6.45, 7) is 1.83. The molecule has 1 amide bonds. The number of nitrogens with two attached hydrogens (primary N) is 2. The molecule has 8 heteroatoms. The molecule has 164 valence electrons. The summed E-state index contributed by atoms with van der Waals surface area (Å²) >= 11 is 0. The van der Waals surface area contributed by atoms with Crippen molar-refractivity contribution in [3.05, 3.63) is 72.0 Å². The lowest BCUT2D eigenvalue weighted by Crippen LogP contribution is -2.43. The molecule has 0 bridgehead atoms. The molecule has 2 heterocycles. The van der Waals surface area contributed by atoms with Gasteiger partial charge in [-0.25, -0.2) is 9.97 Å². The number of rotatable bonds is 6. The van der Waals surface area contributed by atoms with E-state index in [2.05, 4.69) is 10.3 Å². The van der Waals surface area contributed by atoms with Gasteiger partial charge in [0, 0.05) is 36.1 Å². The van der Waals surface area contributed by atoms with E-state index in [1.807, 2.05) is 55.4 Å². The Bertz CT molecular complexity index is 1220. The third-order valence-corrected chi connectivity index (χ3v) is 5.79. The second-order valence-corrected chi connectivity index (χ2v) is 7.82. The molecule has 1 aliphatic carbocycles. The molecule has 0 spiro atoms. The fourth-order valence-corrected chi connectivity index (χ4v) is 3.87. The molecule has 32 heavy (non-hydrogen) atoms. The first kappa shape index (κ1) is 21.3. The molecule has 1 atom stereocenters. The molecule has 1 aromatic carbocycles. The van der Waals surface area contributed by atoms with Gasteiger partial charge in [0.2, 0.25) is 5.91 Å². The first-order valence-corrected chi connectivity index (χ1v) is 10.6. The summed E-state index contributed by atoms with van der Waals surface area (Å²) in [6, 6.07) is 9.57. The molecule has 4 rings (SSSR count). The largest absolute Gasteiger partial charge is 0.405 e. The summed E-state index contributed by atoms with van der Waals surface area (Å²) < 4.78 is 0. The van der Waals surface area contributed by atoms with E-state index in [-0.39, 0.29) is 5.91 Å². The smallest absolute Gasteiger partial charge is 0.246 e. The van der Waals surface area contributed by atoms with E-state index in [1.54, 1.807) is 0 Å². The highest BCUT2D eigenvalue weighted by molar-refractivity contribution is 5.87. The van der Waals surface area contributed by atoms with Gasteiger partial charge in [0.15, 0.2) is 5.82 Å². The molecule has 2 aromatic heterocycles. The second-order valence-electron chi connectivity index (χ2n) is 7.82. The number of anilines is 1. The Morgan fingerprint density at radius 3 is 2.72 bits per heavy atom. The van der Waals surface area contributed by atoms with E-state index in [1.165, 1.54) is 18.5 Å². The summed E-state index contributed by atoms with van der Waals surface area (Å²) in [6.07, 6.45) is 8.80. The number of amides is 1. The van der Waals surface area contributed by atoms with Crippen LogP contribution in [0.15, 0.2) is 60.7 Å². The lowest BCUT2D eigenvalue weighted by molar-refractivity contribution is -0.121. The first-order chi connectivity index (χ1) is 15.5. The van der Waals surface area contributed by atoms with E-state index < -0.39 is 6.04 Å². The number of nitrogens with one attached hydrogen (secondary N) is 1. The van der Waals surface area contributed by atoms with Crippen molar-refractivity contribution in [2.24, 2.45) is 11.5 Å². The summed E-state index contributed by atoms with van der Waals surface area (Å²) in [5, 5.41) is 4.93. The van der Waals surface area contributed by atoms with E-state index in [0.29, 0.717) is 17.2 Å². The number of fused-ring (bicyclic) bond motifs is 2. The number of pyridine rings is 1. The minimum absolute atomic E-state index is 0.210. The summed E-state index contributed by atoms with van der Waals surface area (Å²) in [5.41, 5.74) is 14.2. The molecule has 8 nitrogen and oxygen atoms in total. The van der Waals surface area contributed by atoms with Crippen LogP contribution in [0.3, 0.4) is 0 Å². The van der Waals surface area contributed by atoms with Crippen molar-refractivity contribution in [3.63, 3.8) is 0 Å². The van der Waals surface area contributed by atoms with Gasteiger partial charge in [-0.05, 0) is 49.9 Å². The number of likely N-dealkylation sites (N-methyl/N-ethyl adjacent to an activating group) is 1. The zero-order valence-electron chi connectivity index (χ0n) is 18.2. The highest BCUT2D eigenvalue weighted by atomic mass is 16.2. The van der Waals surface area contributed by atoms with Crippen LogP contribution in [-0.2, 0) is 17.6 Å². The monoisotopic (exact) mass is 429 g/mol. The maximum absolute atomic E-state index is 12.8. The number of carbonyl (C=O) groups excluding carboxylic acids is 1. The molecular weight excluding hydrogens is 402 g/mol. The summed E-state index contributed by atoms with van der Waals surface area (Å²) in [4.78, 5) is 29.0. The quantitative estimate of drug-likeness (QED) is 0.514. The van der Waals surface area contributed by atoms with Gasteiger partial charge in [0.1, 0.15) is 17.6 Å². The van der Waals surface area contributed by atoms with E-state index in [4.69, 9.17) is 21.4 Å². The van der Waals surface area contributed by atoms with Crippen LogP contribution in [0.1, 0.15) is 24.6 Å². The molecule has 0 saturated carbocycles. The third kappa shape index (κ3) is 4.12. The number of carbonyl (C=O) groups is 1. The van der Waals surface area contributed by atoms with Crippen LogP contribution >= 0.6 is 0 Å². The predicted molar refractivity (Wildman–Crippen MR) is 126 cm³/mol. The fourth-order valence-electron chi connectivity index (χ4n) is 3.87. The van der Waals surface area contributed by atoms with Crippen molar-refractivity contribution in [1.29, 1.82) is 0 Å². The molecule has 0 aliphatic heterocycles. The minimum atomic E-state index is -0.492. The molecule has 0 fully saturated rings. The van der Waals surface area contributed by atoms with Crippen molar-refractivity contribution in [2.45, 2.75) is 32.2 Å². The van der Waals surface area contributed by atoms with Crippen LogP contribution in [0.4, 0.5) is 5.82 Å². The molecule has 0 saturated heterocycles. The molecule has 3 aromatic rings. The molecular formula is C24H27N7O. The van der Waals surface area contributed by atoms with Crippen molar-refractivity contribution in [3.8, 4) is 11.5 Å². The van der Waals surface area contributed by atoms with Gasteiger partial charge in [-0.3, -0.25) is 9.78 Å². The number of allylic oxidation sites excluding steroid dienone is 1. The zero-order chi connectivity index (χ0) is 22.7. The average Bonchev–Trinajstić information content (AvgIpc) is 3.30. The van der Waals surface area contributed by atoms with E-state index in [0.717, 1.165) is 47.1 Å². The van der Waals surface area contributed by atoms with Crippen LogP contribution in [0.2, 0.25) is 0 Å². The Kier molecular flexibility index (Phi) is 6.02. The molecule has 1 aliphatic rings. The van der Waals surface area contributed by atoms with Gasteiger partial charge in [0.05, 0.1) is 5.70 Å². The van der Waals surface area contributed by atoms with Gasteiger partial charge >= 0.3 is 0 Å². The number of benzene rings is 1. The Labute approximate surface area is 187 Å². The predicted octanol–water partition coefficient (Wildman–Crippen LogP) is 2.39. The van der Waals surface area contributed by atoms with Gasteiger partial charge in [-0.15, -0.1) is 0 Å². The number of nitrogens with zero attached hydrogens (tertiary/aromatic N) is 4. The highest BCUT2D eigenvalue weighted by Gasteiger charge is 2.27. The Morgan fingerprint density at radius 2 is 1.97 bits per heavy atom. The highest BCUT2D eigenvalue weighted by Crippen LogP contribution is 2.32. The number of hydrogen-bond donors (Lipinski definition) is 3. The number of aromatic nitrogens is 3. The standard InChI is InChI=1S/C24H27N7O/c1-15(24(32)28-18(13-26)10-11-25)31(2)23-19-8-5-9-20(19)29-22(30-23)21-12-16-6-3-4-7-17(16)14-27-21/h3-4,6-7,10-15H,5,8-9,25-26H2,1-2H3,(H,28,32)/b11-10-,18-13+. The molecule has 0 radical (unpaired) electrons. The SMILES string of the molecule is CC(C(=O)NC(/C=C\N)=C/N)N(C)c1nc(-c2cc3ccccc3cn2)nc2c1CCC2. The minimum Gasteiger partial charge on any atom is -0.405 e. The van der Waals surface area contributed by atoms with Gasteiger partial charge in [0.25, 0.3) is 0 Å². The van der Waals surface area contributed by atoms with Crippen LogP contribution in [0.25, 0.3) is 22.3 Å². The van der Waals surface area contributed by atoms with Crippen molar-refractivity contribution in [2.75, 3.05) is 11.9 Å². The number of aryl methyl sites for hydroxylation is 1. The Balaban J connectivity index is 1.69. The van der Waals surface area contributed by atoms with Crippen molar-refractivity contribution in [1.82, 2.24) is 20.3 Å². The van der Waals surface area contributed by atoms with Crippen LogP contribution in [0, 0.1) is 0 Å². The van der Waals surface area contributed by atoms with Crippen molar-refractivity contribution < 1.29 is 4.79 Å². The van der Waals surface area contributed by atoms with Crippen LogP contribution in [0.5, 0.6) is 0 Å². The summed E-state index contributed by atoms with van der Waals surface area (Å²) in [5.74, 6) is 1.12. The van der Waals surface area contributed by atoms with Crippen molar-refractivity contribution >= 4 is 22.5 Å². The molecule has 1 unspecified atom stereocenters. The summed E-state index contributed by atoms with van der Waals surface area (Å²) in [7, 11) is 1.87. The van der Waals surface area contributed by atoms with Gasteiger partial charge in [-0.1, -0.05) is 24.3 Å². The first-order valence-electron chi connectivity index (χ1n) is 10.6. The molecule has 5 N–H and O–H groups in total. The zero-order valence-corrected chi connectivity index (χ0v) is 18.2. The number of hydrogen-bond acceptors (Lipinski definition) is 7. The maximum Gasteiger partial charge on any atom is 0.246 e. The van der Waals surface area contributed by atoms with Crippen LogP contribution < -0.4 is 21.7 Å².